The van der Waals surface area contributed by atoms with E-state index in [0.29, 0.717) is 19.4 Å². The van der Waals surface area contributed by atoms with Gasteiger partial charge in [0.1, 0.15) is 18.1 Å². The van der Waals surface area contributed by atoms with Crippen LogP contribution in [0.15, 0.2) is 4.99 Å². The largest absolute Gasteiger partial charge is 0.480 e. The number of carbonyl (C=O) groups is 6. The van der Waals surface area contributed by atoms with Crippen molar-refractivity contribution in [2.24, 2.45) is 39.4 Å². The molecule has 5 amide bonds. The average Bonchev–Trinajstić information content (AvgIpc) is 2.85. The summed E-state index contributed by atoms with van der Waals surface area (Å²) in [5.41, 5.74) is 32.0. The number of carboxylic acids is 1. The molecule has 0 saturated heterocycles. The molecule has 4 atom stereocenters. The lowest BCUT2D eigenvalue weighted by molar-refractivity contribution is -0.142. The minimum absolute atomic E-state index is 0.0120. The molecule has 0 aliphatic rings. The van der Waals surface area contributed by atoms with Gasteiger partial charge < -0.3 is 55.5 Å². The Morgan fingerprint density at radius 1 is 0.667 bits per heavy atom. The molecule has 16 N–H and O–H groups in total. The molecule has 17 nitrogen and oxygen atoms in total. The second-order valence-electron chi connectivity index (χ2n) is 8.87. The normalized spacial score (nSPS) is 13.7. The van der Waals surface area contributed by atoms with Crippen LogP contribution in [0.5, 0.6) is 0 Å². The minimum atomic E-state index is -1.32. The molecule has 17 heteroatoms. The van der Waals surface area contributed by atoms with Gasteiger partial charge in [-0.2, -0.15) is 0 Å². The zero-order chi connectivity index (χ0) is 30.0. The molecule has 39 heavy (non-hydrogen) atoms. The summed E-state index contributed by atoms with van der Waals surface area (Å²) in [6, 6.07) is -4.96. The molecule has 0 aromatic carbocycles. The molecule has 0 fully saturated rings. The van der Waals surface area contributed by atoms with Crippen LogP contribution in [0.3, 0.4) is 0 Å². The van der Waals surface area contributed by atoms with Gasteiger partial charge in [-0.25, -0.2) is 4.79 Å². The molecule has 0 aromatic rings. The van der Waals surface area contributed by atoms with Gasteiger partial charge in [-0.05, 0) is 51.5 Å². The Hall–Kier alpha value is -3.99. The fourth-order valence-corrected chi connectivity index (χ4v) is 3.33. The first-order valence-electron chi connectivity index (χ1n) is 12.5. The zero-order valence-electron chi connectivity index (χ0n) is 21.9. The average molecular weight is 559 g/mol. The van der Waals surface area contributed by atoms with E-state index in [1.807, 2.05) is 0 Å². The van der Waals surface area contributed by atoms with Crippen molar-refractivity contribution in [2.45, 2.75) is 82.0 Å². The lowest BCUT2D eigenvalue weighted by Gasteiger charge is -2.25. The zero-order valence-corrected chi connectivity index (χ0v) is 21.9. The molecule has 0 rings (SSSR count). The molecule has 0 saturated carbocycles. The van der Waals surface area contributed by atoms with Crippen LogP contribution in [0.1, 0.15) is 57.8 Å². The summed E-state index contributed by atoms with van der Waals surface area (Å²) >= 11 is 0. The van der Waals surface area contributed by atoms with E-state index >= 15 is 0 Å². The number of unbranched alkanes of at least 4 members (excludes halogenated alkanes) is 1. The first-order chi connectivity index (χ1) is 18.3. The highest BCUT2D eigenvalue weighted by atomic mass is 16.4. The van der Waals surface area contributed by atoms with Crippen molar-refractivity contribution in [1.82, 2.24) is 16.0 Å². The Morgan fingerprint density at radius 2 is 1.15 bits per heavy atom. The van der Waals surface area contributed by atoms with Gasteiger partial charge in [0.2, 0.25) is 29.5 Å². The molecule has 4 unspecified atom stereocenters. The Morgan fingerprint density at radius 3 is 1.67 bits per heavy atom. The second-order valence-corrected chi connectivity index (χ2v) is 8.87. The van der Waals surface area contributed by atoms with Crippen molar-refractivity contribution in [1.29, 1.82) is 0 Å². The SMILES string of the molecule is NCCCCC(NC(=O)C(CCCN=C(N)N)NC(=O)C(CCC(N)=O)NC(=O)C(N)CCC(N)=O)C(=O)O. The topological polar surface area (TPSA) is 327 Å². The van der Waals surface area contributed by atoms with Gasteiger partial charge >= 0.3 is 5.97 Å². The van der Waals surface area contributed by atoms with E-state index in [1.165, 1.54) is 0 Å². The van der Waals surface area contributed by atoms with Crippen LogP contribution in [-0.2, 0) is 28.8 Å². The summed E-state index contributed by atoms with van der Waals surface area (Å²) < 4.78 is 0. The van der Waals surface area contributed by atoms with Crippen LogP contribution < -0.4 is 50.4 Å². The molecule has 0 spiro atoms. The standard InChI is InChI=1S/C22H42N10O7/c23-10-2-1-4-15(21(38)39)32-19(36)13(5-3-11-29-22(27)28)31-20(37)14(7-9-17(26)34)30-18(35)12(24)6-8-16(25)33/h12-15H,1-11,23-24H2,(H2,25,33)(H2,26,34)(H,30,35)(H,31,37)(H,32,36)(H,38,39)(H4,27,28,29). The van der Waals surface area contributed by atoms with Gasteiger partial charge in [-0.1, -0.05) is 0 Å². The molecular weight excluding hydrogens is 516 g/mol. The molecule has 0 bridgehead atoms. The number of nitrogens with one attached hydrogen (secondary N) is 3. The van der Waals surface area contributed by atoms with Gasteiger partial charge in [0.15, 0.2) is 5.96 Å². The van der Waals surface area contributed by atoms with E-state index in [4.69, 9.17) is 34.4 Å². The fraction of sp³-hybridized carbons (Fsp3) is 0.682. The number of carbonyl (C=O) groups excluding carboxylic acids is 5. The third-order valence-electron chi connectivity index (χ3n) is 5.49. The Labute approximate surface area is 226 Å². The maximum Gasteiger partial charge on any atom is 0.326 e. The molecule has 0 aliphatic heterocycles. The maximum absolute atomic E-state index is 13.1. The van der Waals surface area contributed by atoms with Crippen molar-refractivity contribution in [2.75, 3.05) is 13.1 Å². The van der Waals surface area contributed by atoms with Crippen molar-refractivity contribution in [3.8, 4) is 0 Å². The highest BCUT2D eigenvalue weighted by Crippen LogP contribution is 2.07. The smallest absolute Gasteiger partial charge is 0.326 e. The van der Waals surface area contributed by atoms with E-state index in [1.54, 1.807) is 0 Å². The number of carboxylic acid groups (broad SMARTS) is 1. The molecule has 222 valence electrons. The van der Waals surface area contributed by atoms with E-state index in [2.05, 4.69) is 20.9 Å². The van der Waals surface area contributed by atoms with Crippen LogP contribution in [0, 0.1) is 0 Å². The summed E-state index contributed by atoms with van der Waals surface area (Å²) in [6.45, 7) is 0.478. The molecule has 0 heterocycles. The summed E-state index contributed by atoms with van der Waals surface area (Å²) in [7, 11) is 0. The van der Waals surface area contributed by atoms with Gasteiger partial charge in [-0.15, -0.1) is 0 Å². The van der Waals surface area contributed by atoms with Crippen LogP contribution in [0.25, 0.3) is 0 Å². The van der Waals surface area contributed by atoms with Crippen LogP contribution >= 0.6 is 0 Å². The van der Waals surface area contributed by atoms with E-state index in [9.17, 15) is 33.9 Å². The van der Waals surface area contributed by atoms with Crippen molar-refractivity contribution in [3.63, 3.8) is 0 Å². The van der Waals surface area contributed by atoms with Crippen LogP contribution in [0.2, 0.25) is 0 Å². The summed E-state index contributed by atoms with van der Waals surface area (Å²) in [4.78, 5) is 76.3. The number of amides is 5. The Bertz CT molecular complexity index is 879. The monoisotopic (exact) mass is 558 g/mol. The third-order valence-corrected chi connectivity index (χ3v) is 5.49. The summed E-state index contributed by atoms with van der Waals surface area (Å²) in [6.07, 6.45) is 0.631. The quantitative estimate of drug-likeness (QED) is 0.0364. The minimum Gasteiger partial charge on any atom is -0.480 e. The van der Waals surface area contributed by atoms with Crippen LogP contribution in [0.4, 0.5) is 0 Å². The lowest BCUT2D eigenvalue weighted by atomic mass is 10.0. The van der Waals surface area contributed by atoms with Crippen molar-refractivity contribution >= 4 is 41.5 Å². The third kappa shape index (κ3) is 16.5. The number of aliphatic imine (C=N–C) groups is 1. The molecular formula is C22H42N10O7. The first kappa shape index (κ1) is 35.0. The predicted octanol–water partition coefficient (Wildman–Crippen LogP) is -4.43. The van der Waals surface area contributed by atoms with Crippen LogP contribution in [-0.4, -0.2) is 83.8 Å². The second kappa shape index (κ2) is 19.1. The number of nitrogens with two attached hydrogens (primary N) is 6. The lowest BCUT2D eigenvalue weighted by Crippen LogP contribution is -2.57. The van der Waals surface area contributed by atoms with Crippen molar-refractivity contribution in [3.05, 3.63) is 0 Å². The number of hydrogen-bond acceptors (Lipinski definition) is 9. The Balaban J connectivity index is 5.67. The highest BCUT2D eigenvalue weighted by molar-refractivity contribution is 5.94. The highest BCUT2D eigenvalue weighted by Gasteiger charge is 2.30. The van der Waals surface area contributed by atoms with Gasteiger partial charge in [0.05, 0.1) is 6.04 Å². The number of nitrogens with zero attached hydrogens (tertiary/aromatic N) is 1. The number of guanidine groups is 1. The molecule has 0 radical (unpaired) electrons. The molecule has 0 aliphatic carbocycles. The summed E-state index contributed by atoms with van der Waals surface area (Å²) in [5.74, 6) is -5.27. The predicted molar refractivity (Wildman–Crippen MR) is 141 cm³/mol. The van der Waals surface area contributed by atoms with E-state index < -0.39 is 59.7 Å². The Kier molecular flexibility index (Phi) is 17.2. The van der Waals surface area contributed by atoms with Crippen molar-refractivity contribution < 1.29 is 33.9 Å². The number of aliphatic carboxylic acids is 1. The van der Waals surface area contributed by atoms with Gasteiger partial charge in [0, 0.05) is 19.4 Å². The molecule has 0 aromatic heterocycles. The number of hydrogen-bond donors (Lipinski definition) is 10. The van der Waals surface area contributed by atoms with E-state index in [-0.39, 0.29) is 57.5 Å². The maximum atomic E-state index is 13.1. The van der Waals surface area contributed by atoms with E-state index in [0.717, 1.165) is 0 Å². The summed E-state index contributed by atoms with van der Waals surface area (Å²) in [5, 5.41) is 16.8. The number of rotatable bonds is 21. The fourth-order valence-electron chi connectivity index (χ4n) is 3.33. The van der Waals surface area contributed by atoms with Gasteiger partial charge in [-0.3, -0.25) is 29.0 Å². The van der Waals surface area contributed by atoms with Gasteiger partial charge in [0.25, 0.3) is 0 Å². The number of primary amides is 2. The first-order valence-corrected chi connectivity index (χ1v) is 12.5.